The lowest BCUT2D eigenvalue weighted by Crippen LogP contribution is -2.36. The van der Waals surface area contributed by atoms with Crippen molar-refractivity contribution in [3.8, 4) is 0 Å². The average molecular weight is 409 g/mol. The minimum Gasteiger partial charge on any atom is -0.296 e. The van der Waals surface area contributed by atoms with Crippen LogP contribution in [0.3, 0.4) is 0 Å². The van der Waals surface area contributed by atoms with Crippen LogP contribution in [0, 0.1) is 5.82 Å². The fraction of sp³-hybridized carbons (Fsp3) is 0.400. The van der Waals surface area contributed by atoms with Gasteiger partial charge in [0.05, 0.1) is 9.92 Å². The lowest BCUT2D eigenvalue weighted by Gasteiger charge is -2.35. The molecule has 1 atom stereocenters. The summed E-state index contributed by atoms with van der Waals surface area (Å²) < 4.78 is 40.5. The van der Waals surface area contributed by atoms with Gasteiger partial charge in [-0.3, -0.25) is 4.90 Å². The molecule has 4 rings (SSSR count). The van der Waals surface area contributed by atoms with Gasteiger partial charge in [0.1, 0.15) is 5.82 Å². The molecule has 1 N–H and O–H groups in total. The molecule has 4 nitrogen and oxygen atoms in total. The number of hydrogen-bond donors (Lipinski definition) is 1. The molecule has 0 saturated heterocycles. The lowest BCUT2D eigenvalue weighted by molar-refractivity contribution is 0.184. The molecule has 0 bridgehead atoms. The minimum absolute atomic E-state index is 0.0127. The first-order valence-corrected chi connectivity index (χ1v) is 11.1. The van der Waals surface area contributed by atoms with E-state index in [2.05, 4.69) is 27.8 Å². The molecule has 27 heavy (non-hydrogen) atoms. The van der Waals surface area contributed by atoms with Gasteiger partial charge in [-0.1, -0.05) is 29.8 Å². The zero-order valence-electron chi connectivity index (χ0n) is 14.9. The number of halogens is 2. The van der Waals surface area contributed by atoms with Crippen molar-refractivity contribution in [3.05, 3.63) is 63.9 Å². The molecular weight excluding hydrogens is 387 g/mol. The van der Waals surface area contributed by atoms with Gasteiger partial charge < -0.3 is 0 Å². The Bertz CT molecular complexity index is 964. The highest BCUT2D eigenvalue weighted by atomic mass is 35.5. The number of benzene rings is 2. The molecule has 0 amide bonds. The van der Waals surface area contributed by atoms with E-state index in [1.165, 1.54) is 22.8 Å². The van der Waals surface area contributed by atoms with Crippen LogP contribution in [0.25, 0.3) is 0 Å². The van der Waals surface area contributed by atoms with Crippen molar-refractivity contribution >= 4 is 21.6 Å². The van der Waals surface area contributed by atoms with Crippen LogP contribution in [0.5, 0.6) is 0 Å². The van der Waals surface area contributed by atoms with Gasteiger partial charge in [-0.2, -0.15) is 0 Å². The first-order valence-electron chi connectivity index (χ1n) is 9.25. The van der Waals surface area contributed by atoms with E-state index < -0.39 is 15.8 Å². The molecule has 0 saturated carbocycles. The van der Waals surface area contributed by atoms with Crippen molar-refractivity contribution in [2.75, 3.05) is 19.6 Å². The number of aryl methyl sites for hydroxylation is 1. The third kappa shape index (κ3) is 3.76. The van der Waals surface area contributed by atoms with Gasteiger partial charge in [-0.05, 0) is 60.6 Å². The van der Waals surface area contributed by atoms with Crippen molar-refractivity contribution in [2.24, 2.45) is 0 Å². The Morgan fingerprint density at radius 2 is 1.96 bits per heavy atom. The zero-order valence-corrected chi connectivity index (χ0v) is 16.5. The topological polar surface area (TPSA) is 49.4 Å². The largest absolute Gasteiger partial charge is 0.296 e. The molecule has 0 fully saturated rings. The molecule has 1 unspecified atom stereocenters. The first kappa shape index (κ1) is 18.9. The monoisotopic (exact) mass is 408 g/mol. The van der Waals surface area contributed by atoms with Gasteiger partial charge in [-0.25, -0.2) is 17.5 Å². The second-order valence-electron chi connectivity index (χ2n) is 7.16. The second kappa shape index (κ2) is 7.51. The van der Waals surface area contributed by atoms with E-state index in [4.69, 9.17) is 11.6 Å². The number of hydrogen-bond acceptors (Lipinski definition) is 3. The average Bonchev–Trinajstić information content (AvgIpc) is 3.09. The molecule has 7 heteroatoms. The highest BCUT2D eigenvalue weighted by Gasteiger charge is 2.32. The summed E-state index contributed by atoms with van der Waals surface area (Å²) in [7, 11) is -3.68. The van der Waals surface area contributed by atoms with Gasteiger partial charge >= 0.3 is 0 Å². The Morgan fingerprint density at radius 3 is 2.74 bits per heavy atom. The fourth-order valence-corrected chi connectivity index (χ4v) is 5.58. The van der Waals surface area contributed by atoms with E-state index in [0.29, 0.717) is 12.6 Å². The van der Waals surface area contributed by atoms with E-state index >= 15 is 0 Å². The minimum atomic E-state index is -3.68. The Balaban J connectivity index is 1.34. The van der Waals surface area contributed by atoms with E-state index in [9.17, 15) is 12.8 Å². The predicted octanol–water partition coefficient (Wildman–Crippen LogP) is 3.69. The summed E-state index contributed by atoms with van der Waals surface area (Å²) in [5.74, 6) is -0.628. The summed E-state index contributed by atoms with van der Waals surface area (Å²) >= 11 is 5.69. The SMILES string of the molecule is O=S(=O)(NCCCN1CCc2cccc3c2C1CC3)c1ccc(F)c(Cl)c1. The summed E-state index contributed by atoms with van der Waals surface area (Å²) in [5.41, 5.74) is 4.45. The van der Waals surface area contributed by atoms with Crippen molar-refractivity contribution in [1.29, 1.82) is 0 Å². The third-order valence-corrected chi connectivity index (χ3v) is 7.28. The molecule has 1 aliphatic carbocycles. The molecular formula is C20H22ClFN2O2S. The summed E-state index contributed by atoms with van der Waals surface area (Å²) in [4.78, 5) is 2.46. The summed E-state index contributed by atoms with van der Waals surface area (Å²) in [6.45, 7) is 2.21. The second-order valence-corrected chi connectivity index (χ2v) is 9.33. The van der Waals surface area contributed by atoms with E-state index in [0.717, 1.165) is 50.9 Å². The quantitative estimate of drug-likeness (QED) is 0.741. The molecule has 0 aromatic heterocycles. The third-order valence-electron chi connectivity index (χ3n) is 5.53. The number of nitrogens with zero attached hydrogens (tertiary/aromatic N) is 1. The van der Waals surface area contributed by atoms with Crippen molar-refractivity contribution in [2.45, 2.75) is 36.6 Å². The molecule has 1 heterocycles. The normalized spacial score (nSPS) is 19.3. The number of sulfonamides is 1. The van der Waals surface area contributed by atoms with Crippen LogP contribution in [0.2, 0.25) is 5.02 Å². The van der Waals surface area contributed by atoms with Crippen LogP contribution in [0.4, 0.5) is 4.39 Å². The highest BCUT2D eigenvalue weighted by Crippen LogP contribution is 2.41. The van der Waals surface area contributed by atoms with Gasteiger partial charge in [-0.15, -0.1) is 0 Å². The molecule has 2 aliphatic rings. The van der Waals surface area contributed by atoms with Crippen LogP contribution < -0.4 is 4.72 Å². The van der Waals surface area contributed by atoms with Crippen LogP contribution in [0.15, 0.2) is 41.3 Å². The van der Waals surface area contributed by atoms with E-state index in [-0.39, 0.29) is 9.92 Å². The number of nitrogens with one attached hydrogen (secondary N) is 1. The molecule has 2 aromatic rings. The maximum atomic E-state index is 13.2. The first-order chi connectivity index (χ1) is 13.0. The molecule has 1 aliphatic heterocycles. The van der Waals surface area contributed by atoms with Crippen LogP contribution in [-0.4, -0.2) is 33.0 Å². The molecule has 0 radical (unpaired) electrons. The molecule has 2 aromatic carbocycles. The van der Waals surface area contributed by atoms with Crippen LogP contribution >= 0.6 is 11.6 Å². The zero-order chi connectivity index (χ0) is 19.0. The smallest absolute Gasteiger partial charge is 0.240 e. The highest BCUT2D eigenvalue weighted by molar-refractivity contribution is 7.89. The Morgan fingerprint density at radius 1 is 1.19 bits per heavy atom. The van der Waals surface area contributed by atoms with E-state index in [1.807, 2.05) is 0 Å². The summed E-state index contributed by atoms with van der Waals surface area (Å²) in [6, 6.07) is 10.5. The fourth-order valence-electron chi connectivity index (χ4n) is 4.24. The van der Waals surface area contributed by atoms with E-state index in [1.54, 1.807) is 0 Å². The van der Waals surface area contributed by atoms with Gasteiger partial charge in [0.25, 0.3) is 0 Å². The molecule has 144 valence electrons. The predicted molar refractivity (Wildman–Crippen MR) is 104 cm³/mol. The van der Waals surface area contributed by atoms with Crippen molar-refractivity contribution in [3.63, 3.8) is 0 Å². The van der Waals surface area contributed by atoms with Crippen molar-refractivity contribution < 1.29 is 12.8 Å². The Kier molecular flexibility index (Phi) is 5.25. The Labute approximate surface area is 164 Å². The van der Waals surface area contributed by atoms with Gasteiger partial charge in [0.15, 0.2) is 0 Å². The van der Waals surface area contributed by atoms with Crippen molar-refractivity contribution in [1.82, 2.24) is 9.62 Å². The maximum absolute atomic E-state index is 13.2. The Hall–Kier alpha value is -1.47. The maximum Gasteiger partial charge on any atom is 0.240 e. The van der Waals surface area contributed by atoms with Gasteiger partial charge in [0.2, 0.25) is 10.0 Å². The summed E-state index contributed by atoms with van der Waals surface area (Å²) in [5, 5.41) is -0.193. The molecule has 0 spiro atoms. The van der Waals surface area contributed by atoms with Crippen LogP contribution in [-0.2, 0) is 22.9 Å². The standard InChI is InChI=1S/C20H22ClFN2O2S/c21-17-13-16(6-7-18(17)22)27(25,26)23-10-2-11-24-12-9-15-4-1-3-14-5-8-19(24)20(14)15/h1,3-4,6-7,13,19,23H,2,5,8-12H2. The van der Waals surface area contributed by atoms with Crippen LogP contribution in [0.1, 0.15) is 35.6 Å². The summed E-state index contributed by atoms with van der Waals surface area (Å²) in [6.07, 6.45) is 4.05. The lowest BCUT2D eigenvalue weighted by atomic mass is 9.93. The van der Waals surface area contributed by atoms with Gasteiger partial charge in [0, 0.05) is 25.7 Å². The number of rotatable bonds is 6.